The lowest BCUT2D eigenvalue weighted by Gasteiger charge is -2.18. The van der Waals surface area contributed by atoms with Gasteiger partial charge in [-0.15, -0.1) is 11.8 Å². The molecule has 0 aliphatic heterocycles. The normalized spacial score (nSPS) is 14.4. The summed E-state index contributed by atoms with van der Waals surface area (Å²) in [7, 11) is 0. The third kappa shape index (κ3) is 2.74. The van der Waals surface area contributed by atoms with Crippen LogP contribution in [0.3, 0.4) is 0 Å². The molecule has 0 N–H and O–H groups in total. The molecular weight excluding hydrogens is 197 g/mol. The quantitative estimate of drug-likeness (QED) is 0.764. The lowest BCUT2D eigenvalue weighted by molar-refractivity contribution is 0.626. The van der Waals surface area contributed by atoms with Crippen LogP contribution in [0, 0.1) is 17.1 Å². The molecular formula is C11H12FNS. The Kier molecular flexibility index (Phi) is 3.54. The first-order valence-corrected chi connectivity index (χ1v) is 5.53. The van der Waals surface area contributed by atoms with Gasteiger partial charge < -0.3 is 0 Å². The number of hydrogen-bond acceptors (Lipinski definition) is 2. The number of rotatable bonds is 3. The molecule has 0 aliphatic carbocycles. The molecule has 1 rings (SSSR count). The highest BCUT2D eigenvalue weighted by molar-refractivity contribution is 8.00. The zero-order chi connectivity index (χ0) is 10.6. The van der Waals surface area contributed by atoms with Crippen LogP contribution in [0.2, 0.25) is 0 Å². The zero-order valence-electron chi connectivity index (χ0n) is 8.25. The fourth-order valence-electron chi connectivity index (χ4n) is 1.15. The summed E-state index contributed by atoms with van der Waals surface area (Å²) in [5.74, 6) is -0.239. The summed E-state index contributed by atoms with van der Waals surface area (Å²) < 4.78 is 12.2. The molecule has 0 bridgehead atoms. The Morgan fingerprint density at radius 3 is 2.43 bits per heavy atom. The number of hydrogen-bond donors (Lipinski definition) is 0. The number of thioether (sulfide) groups is 1. The molecule has 14 heavy (non-hydrogen) atoms. The van der Waals surface area contributed by atoms with Crippen LogP contribution >= 0.6 is 11.8 Å². The molecule has 74 valence electrons. The Morgan fingerprint density at radius 2 is 2.00 bits per heavy atom. The van der Waals surface area contributed by atoms with Crippen LogP contribution in [0.25, 0.3) is 0 Å². The lowest BCUT2D eigenvalue weighted by atomic mass is 10.0. The summed E-state index contributed by atoms with van der Waals surface area (Å²) in [5.41, 5.74) is 0.991. The van der Waals surface area contributed by atoms with E-state index in [4.69, 9.17) is 5.26 Å². The summed E-state index contributed by atoms with van der Waals surface area (Å²) >= 11 is 1.52. The first-order valence-electron chi connectivity index (χ1n) is 4.30. The second kappa shape index (κ2) is 4.47. The first-order chi connectivity index (χ1) is 6.59. The molecule has 0 aliphatic rings. The summed E-state index contributed by atoms with van der Waals surface area (Å²) in [5, 5.41) is 8.96. The van der Waals surface area contributed by atoms with Gasteiger partial charge in [-0.2, -0.15) is 5.26 Å². The lowest BCUT2D eigenvalue weighted by Crippen LogP contribution is -2.20. The monoisotopic (exact) mass is 209 g/mol. The van der Waals surface area contributed by atoms with Crippen molar-refractivity contribution >= 4 is 11.8 Å². The number of benzene rings is 1. The highest BCUT2D eigenvalue weighted by Crippen LogP contribution is 2.25. The Labute approximate surface area is 87.9 Å². The predicted molar refractivity (Wildman–Crippen MR) is 57.6 cm³/mol. The molecule has 1 atom stereocenters. The molecule has 1 nitrogen and oxygen atoms in total. The van der Waals surface area contributed by atoms with Crippen molar-refractivity contribution in [1.82, 2.24) is 0 Å². The van der Waals surface area contributed by atoms with Gasteiger partial charge in [0, 0.05) is 0 Å². The minimum atomic E-state index is -0.419. The molecule has 0 saturated heterocycles. The van der Waals surface area contributed by atoms with Gasteiger partial charge in [0.15, 0.2) is 0 Å². The zero-order valence-corrected chi connectivity index (χ0v) is 9.07. The van der Waals surface area contributed by atoms with E-state index in [0.717, 1.165) is 5.56 Å². The van der Waals surface area contributed by atoms with Crippen molar-refractivity contribution in [1.29, 1.82) is 5.26 Å². The van der Waals surface area contributed by atoms with Gasteiger partial charge in [0.25, 0.3) is 0 Å². The molecule has 0 saturated carbocycles. The molecule has 0 aromatic heterocycles. The Morgan fingerprint density at radius 1 is 1.43 bits per heavy atom. The molecule has 0 fully saturated rings. The maximum Gasteiger partial charge on any atom is 0.123 e. The number of halogens is 1. The van der Waals surface area contributed by atoms with E-state index < -0.39 is 4.75 Å². The minimum absolute atomic E-state index is 0.239. The van der Waals surface area contributed by atoms with Crippen LogP contribution in [0.5, 0.6) is 0 Å². The van der Waals surface area contributed by atoms with Gasteiger partial charge >= 0.3 is 0 Å². The second-order valence-electron chi connectivity index (χ2n) is 3.35. The van der Waals surface area contributed by atoms with Gasteiger partial charge in [0.05, 0.1) is 6.07 Å². The molecule has 0 spiro atoms. The van der Waals surface area contributed by atoms with E-state index in [1.807, 2.05) is 13.2 Å². The van der Waals surface area contributed by atoms with Crippen LogP contribution in [-0.4, -0.2) is 11.0 Å². The largest absolute Gasteiger partial charge is 0.207 e. The SMILES string of the molecule is CSC(C)(C#N)Cc1ccc(F)cc1. The molecule has 0 amide bonds. The van der Waals surface area contributed by atoms with Crippen LogP contribution in [0.4, 0.5) is 4.39 Å². The van der Waals surface area contributed by atoms with E-state index in [1.54, 1.807) is 12.1 Å². The summed E-state index contributed by atoms with van der Waals surface area (Å²) in [4.78, 5) is 0. The highest BCUT2D eigenvalue weighted by Gasteiger charge is 2.22. The fraction of sp³-hybridized carbons (Fsp3) is 0.364. The van der Waals surface area contributed by atoms with Gasteiger partial charge in [-0.3, -0.25) is 0 Å². The van der Waals surface area contributed by atoms with E-state index in [9.17, 15) is 4.39 Å². The van der Waals surface area contributed by atoms with Crippen LogP contribution in [-0.2, 0) is 6.42 Å². The van der Waals surface area contributed by atoms with Crippen molar-refractivity contribution in [2.75, 3.05) is 6.26 Å². The smallest absolute Gasteiger partial charge is 0.123 e. The summed E-state index contributed by atoms with van der Waals surface area (Å²) in [6.07, 6.45) is 2.55. The van der Waals surface area contributed by atoms with Crippen molar-refractivity contribution in [3.8, 4) is 6.07 Å². The van der Waals surface area contributed by atoms with Gasteiger partial charge in [0.2, 0.25) is 0 Å². The van der Waals surface area contributed by atoms with E-state index in [2.05, 4.69) is 6.07 Å². The van der Waals surface area contributed by atoms with Crippen molar-refractivity contribution in [2.24, 2.45) is 0 Å². The summed E-state index contributed by atoms with van der Waals surface area (Å²) in [6, 6.07) is 8.56. The van der Waals surface area contributed by atoms with Crippen molar-refractivity contribution in [3.05, 3.63) is 35.6 Å². The Hall–Kier alpha value is -1.01. The van der Waals surface area contributed by atoms with Crippen molar-refractivity contribution in [2.45, 2.75) is 18.1 Å². The third-order valence-corrected chi connectivity index (χ3v) is 3.28. The van der Waals surface area contributed by atoms with Crippen LogP contribution in [0.15, 0.2) is 24.3 Å². The van der Waals surface area contributed by atoms with Crippen molar-refractivity contribution in [3.63, 3.8) is 0 Å². The average molecular weight is 209 g/mol. The van der Waals surface area contributed by atoms with Crippen molar-refractivity contribution < 1.29 is 4.39 Å². The predicted octanol–water partition coefficient (Wildman–Crippen LogP) is 3.01. The Bertz CT molecular complexity index is 341. The molecule has 1 aromatic carbocycles. The van der Waals surface area contributed by atoms with Crippen LogP contribution < -0.4 is 0 Å². The average Bonchev–Trinajstić information content (AvgIpc) is 2.21. The van der Waals surface area contributed by atoms with Gasteiger partial charge in [0.1, 0.15) is 10.6 Å². The van der Waals surface area contributed by atoms with Gasteiger partial charge in [-0.25, -0.2) is 4.39 Å². The molecule has 0 heterocycles. The maximum absolute atomic E-state index is 12.6. The molecule has 0 radical (unpaired) electrons. The van der Waals surface area contributed by atoms with E-state index in [-0.39, 0.29) is 5.82 Å². The first kappa shape index (κ1) is 11.1. The second-order valence-corrected chi connectivity index (χ2v) is 4.66. The molecule has 1 unspecified atom stereocenters. The standard InChI is InChI=1S/C11H12FNS/c1-11(8-13,14-2)7-9-3-5-10(12)6-4-9/h3-6H,7H2,1-2H3. The summed E-state index contributed by atoms with van der Waals surface area (Å²) in [6.45, 7) is 1.89. The van der Waals surface area contributed by atoms with Gasteiger partial charge in [-0.05, 0) is 37.3 Å². The topological polar surface area (TPSA) is 23.8 Å². The molecule has 1 aromatic rings. The number of nitriles is 1. The fourth-order valence-corrected chi connectivity index (χ4v) is 1.55. The molecule has 3 heteroatoms. The minimum Gasteiger partial charge on any atom is -0.207 e. The number of nitrogens with zero attached hydrogens (tertiary/aromatic N) is 1. The van der Waals surface area contributed by atoms with Crippen LogP contribution in [0.1, 0.15) is 12.5 Å². The maximum atomic E-state index is 12.6. The van der Waals surface area contributed by atoms with E-state index in [1.165, 1.54) is 23.9 Å². The van der Waals surface area contributed by atoms with E-state index >= 15 is 0 Å². The van der Waals surface area contributed by atoms with E-state index in [0.29, 0.717) is 6.42 Å². The van der Waals surface area contributed by atoms with Gasteiger partial charge in [-0.1, -0.05) is 12.1 Å². The highest BCUT2D eigenvalue weighted by atomic mass is 32.2. The Balaban J connectivity index is 2.79. The third-order valence-electron chi connectivity index (χ3n) is 2.14.